The molecule has 0 fully saturated rings. The summed E-state index contributed by atoms with van der Waals surface area (Å²) >= 11 is 0. The SMILES string of the molecule is Cc1cccc(C(C)(C)C)c1N=[N+]=[N-]. The van der Waals surface area contributed by atoms with Crippen molar-refractivity contribution >= 4 is 5.69 Å². The molecule has 0 radical (unpaired) electrons. The second-order valence-electron chi connectivity index (χ2n) is 4.41. The van der Waals surface area contributed by atoms with Gasteiger partial charge < -0.3 is 0 Å². The first-order valence-corrected chi connectivity index (χ1v) is 4.62. The molecule has 14 heavy (non-hydrogen) atoms. The van der Waals surface area contributed by atoms with Crippen LogP contribution in [0, 0.1) is 6.92 Å². The molecule has 3 nitrogen and oxygen atoms in total. The Morgan fingerprint density at radius 1 is 1.29 bits per heavy atom. The van der Waals surface area contributed by atoms with Gasteiger partial charge in [-0.15, -0.1) is 0 Å². The molecule has 1 aromatic rings. The van der Waals surface area contributed by atoms with Crippen molar-refractivity contribution in [3.63, 3.8) is 0 Å². The first-order valence-electron chi connectivity index (χ1n) is 4.62. The minimum absolute atomic E-state index is 0.00947. The Labute approximate surface area is 84.4 Å². The molecule has 0 N–H and O–H groups in total. The summed E-state index contributed by atoms with van der Waals surface area (Å²) in [5.41, 5.74) is 11.4. The van der Waals surface area contributed by atoms with Crippen LogP contribution in [0.15, 0.2) is 23.3 Å². The smallest absolute Gasteiger partial charge is 0.0441 e. The third kappa shape index (κ3) is 2.06. The molecule has 3 heteroatoms. The number of rotatable bonds is 1. The summed E-state index contributed by atoms with van der Waals surface area (Å²) in [5, 5.41) is 3.75. The Kier molecular flexibility index (Phi) is 2.82. The summed E-state index contributed by atoms with van der Waals surface area (Å²) in [6, 6.07) is 5.96. The first kappa shape index (κ1) is 10.6. The highest BCUT2D eigenvalue weighted by Crippen LogP contribution is 2.33. The van der Waals surface area contributed by atoms with Crippen LogP contribution in [-0.2, 0) is 5.41 Å². The molecule has 0 saturated heterocycles. The molecule has 0 saturated carbocycles. The monoisotopic (exact) mass is 189 g/mol. The highest BCUT2D eigenvalue weighted by Gasteiger charge is 2.17. The van der Waals surface area contributed by atoms with Gasteiger partial charge in [-0.05, 0) is 29.0 Å². The summed E-state index contributed by atoms with van der Waals surface area (Å²) in [4.78, 5) is 2.87. The van der Waals surface area contributed by atoms with Gasteiger partial charge in [0.05, 0.1) is 0 Å². The molecule has 1 rings (SSSR count). The Morgan fingerprint density at radius 3 is 2.43 bits per heavy atom. The average molecular weight is 189 g/mol. The molecule has 0 aliphatic carbocycles. The largest absolute Gasteiger partial charge is 0.0617 e. The van der Waals surface area contributed by atoms with Gasteiger partial charge in [0.1, 0.15) is 0 Å². The van der Waals surface area contributed by atoms with E-state index in [4.69, 9.17) is 5.53 Å². The van der Waals surface area contributed by atoms with E-state index >= 15 is 0 Å². The fraction of sp³-hybridized carbons (Fsp3) is 0.455. The van der Waals surface area contributed by atoms with Gasteiger partial charge in [-0.1, -0.05) is 44.1 Å². The molecular weight excluding hydrogens is 174 g/mol. The van der Waals surface area contributed by atoms with Gasteiger partial charge in [0.2, 0.25) is 0 Å². The van der Waals surface area contributed by atoms with E-state index in [1.54, 1.807) is 0 Å². The summed E-state index contributed by atoms with van der Waals surface area (Å²) in [7, 11) is 0. The zero-order valence-corrected chi connectivity index (χ0v) is 9.07. The van der Waals surface area contributed by atoms with Gasteiger partial charge in [0, 0.05) is 10.6 Å². The zero-order chi connectivity index (χ0) is 10.8. The Bertz CT molecular complexity index is 382. The third-order valence-corrected chi connectivity index (χ3v) is 2.19. The van der Waals surface area contributed by atoms with Crippen molar-refractivity contribution in [3.05, 3.63) is 39.8 Å². The zero-order valence-electron chi connectivity index (χ0n) is 9.07. The highest BCUT2D eigenvalue weighted by molar-refractivity contribution is 5.55. The quantitative estimate of drug-likeness (QED) is 0.360. The average Bonchev–Trinajstić information content (AvgIpc) is 2.07. The van der Waals surface area contributed by atoms with Crippen LogP contribution < -0.4 is 0 Å². The lowest BCUT2D eigenvalue weighted by atomic mass is 9.85. The van der Waals surface area contributed by atoms with Gasteiger partial charge in [-0.25, -0.2) is 0 Å². The Morgan fingerprint density at radius 2 is 1.93 bits per heavy atom. The van der Waals surface area contributed by atoms with E-state index < -0.39 is 0 Å². The maximum absolute atomic E-state index is 8.49. The summed E-state index contributed by atoms with van der Waals surface area (Å²) in [5.74, 6) is 0. The molecular formula is C11H15N3. The fourth-order valence-corrected chi connectivity index (χ4v) is 1.44. The Balaban J connectivity index is 3.43. The van der Waals surface area contributed by atoms with Gasteiger partial charge in [0.25, 0.3) is 0 Å². The normalized spacial score (nSPS) is 10.9. The summed E-state index contributed by atoms with van der Waals surface area (Å²) in [6.45, 7) is 8.29. The minimum Gasteiger partial charge on any atom is -0.0617 e. The number of benzene rings is 1. The van der Waals surface area contributed by atoms with Crippen molar-refractivity contribution in [1.29, 1.82) is 0 Å². The Hall–Kier alpha value is -1.47. The summed E-state index contributed by atoms with van der Waals surface area (Å²) in [6.07, 6.45) is 0. The van der Waals surface area contributed by atoms with Crippen LogP contribution in [0.5, 0.6) is 0 Å². The van der Waals surface area contributed by atoms with Crippen LogP contribution in [0.25, 0.3) is 10.4 Å². The van der Waals surface area contributed by atoms with Crippen molar-refractivity contribution in [3.8, 4) is 0 Å². The van der Waals surface area contributed by atoms with Gasteiger partial charge >= 0.3 is 0 Å². The number of hydrogen-bond acceptors (Lipinski definition) is 1. The number of aryl methyl sites for hydroxylation is 1. The number of azide groups is 1. The van der Waals surface area contributed by atoms with Crippen LogP contribution in [0.3, 0.4) is 0 Å². The highest BCUT2D eigenvalue weighted by atomic mass is 15.1. The van der Waals surface area contributed by atoms with E-state index in [-0.39, 0.29) is 5.41 Å². The summed E-state index contributed by atoms with van der Waals surface area (Å²) < 4.78 is 0. The molecule has 0 spiro atoms. The predicted molar refractivity (Wildman–Crippen MR) is 58.7 cm³/mol. The number of hydrogen-bond donors (Lipinski definition) is 0. The topological polar surface area (TPSA) is 48.8 Å². The van der Waals surface area contributed by atoms with Crippen LogP contribution in [0.1, 0.15) is 31.9 Å². The second-order valence-corrected chi connectivity index (χ2v) is 4.41. The van der Waals surface area contributed by atoms with E-state index in [0.29, 0.717) is 0 Å². The lowest BCUT2D eigenvalue weighted by Gasteiger charge is -2.22. The predicted octanol–water partition coefficient (Wildman–Crippen LogP) is 4.23. The van der Waals surface area contributed by atoms with E-state index in [1.165, 1.54) is 0 Å². The molecule has 0 aliphatic heterocycles. The first-order chi connectivity index (χ1) is 6.46. The van der Waals surface area contributed by atoms with Gasteiger partial charge in [-0.2, -0.15) is 0 Å². The van der Waals surface area contributed by atoms with E-state index in [2.05, 4.69) is 30.8 Å². The van der Waals surface area contributed by atoms with Gasteiger partial charge in [-0.3, -0.25) is 0 Å². The minimum atomic E-state index is 0.00947. The van der Waals surface area contributed by atoms with Crippen molar-refractivity contribution < 1.29 is 0 Å². The van der Waals surface area contributed by atoms with Crippen molar-refractivity contribution in [1.82, 2.24) is 0 Å². The molecule has 0 heterocycles. The molecule has 1 aromatic carbocycles. The van der Waals surface area contributed by atoms with E-state index in [1.807, 2.05) is 25.1 Å². The molecule has 0 amide bonds. The molecule has 74 valence electrons. The molecule has 0 unspecified atom stereocenters. The fourth-order valence-electron chi connectivity index (χ4n) is 1.44. The lowest BCUT2D eigenvalue weighted by molar-refractivity contribution is 0.591. The standard InChI is InChI=1S/C11H15N3/c1-8-6-5-7-9(11(2,3)4)10(8)13-14-12/h5-7H,1-4H3. The molecule has 0 bridgehead atoms. The lowest BCUT2D eigenvalue weighted by Crippen LogP contribution is -2.11. The van der Waals surface area contributed by atoms with Crippen LogP contribution in [0.4, 0.5) is 5.69 Å². The van der Waals surface area contributed by atoms with E-state index in [9.17, 15) is 0 Å². The van der Waals surface area contributed by atoms with E-state index in [0.717, 1.165) is 16.8 Å². The molecule has 0 aliphatic rings. The van der Waals surface area contributed by atoms with Crippen molar-refractivity contribution in [2.45, 2.75) is 33.1 Å². The third-order valence-electron chi connectivity index (χ3n) is 2.19. The van der Waals surface area contributed by atoms with Crippen LogP contribution in [-0.4, -0.2) is 0 Å². The maximum Gasteiger partial charge on any atom is 0.0441 e. The molecule has 0 atom stereocenters. The maximum atomic E-state index is 8.49. The molecule has 0 aromatic heterocycles. The van der Waals surface area contributed by atoms with Gasteiger partial charge in [0.15, 0.2) is 0 Å². The van der Waals surface area contributed by atoms with Crippen LogP contribution in [0.2, 0.25) is 0 Å². The number of nitrogens with zero attached hydrogens (tertiary/aromatic N) is 3. The van der Waals surface area contributed by atoms with Crippen molar-refractivity contribution in [2.75, 3.05) is 0 Å². The second kappa shape index (κ2) is 3.72. The van der Waals surface area contributed by atoms with Crippen LogP contribution >= 0.6 is 0 Å². The van der Waals surface area contributed by atoms with Crippen molar-refractivity contribution in [2.24, 2.45) is 5.11 Å².